The number of carbonyl (C=O) groups is 1. The van der Waals surface area contributed by atoms with E-state index < -0.39 is 12.0 Å². The van der Waals surface area contributed by atoms with Crippen molar-refractivity contribution in [2.45, 2.75) is 31.7 Å². The Bertz CT molecular complexity index is 1340. The lowest BCUT2D eigenvalue weighted by molar-refractivity contribution is -0.137. The van der Waals surface area contributed by atoms with Crippen LogP contribution in [0.25, 0.3) is 10.9 Å². The average molecular weight is 475 g/mol. The van der Waals surface area contributed by atoms with Gasteiger partial charge in [-0.15, -0.1) is 0 Å². The molecule has 1 atom stereocenters. The molecule has 0 bridgehead atoms. The van der Waals surface area contributed by atoms with Crippen LogP contribution in [0.15, 0.2) is 48.9 Å². The fraction of sp³-hybridized carbons (Fsp3) is 0.320. The third kappa shape index (κ3) is 5.01. The third-order valence-corrected chi connectivity index (χ3v) is 6.02. The van der Waals surface area contributed by atoms with E-state index in [1.165, 1.54) is 12.7 Å². The number of benzene rings is 1. The molecule has 0 aliphatic carbocycles. The number of aliphatic carboxylic acids is 1. The van der Waals surface area contributed by atoms with Crippen molar-refractivity contribution in [3.8, 4) is 11.8 Å². The van der Waals surface area contributed by atoms with E-state index in [1.807, 2.05) is 18.2 Å². The number of aromatic nitrogens is 5. The molecule has 5 rings (SSSR count). The van der Waals surface area contributed by atoms with E-state index in [1.54, 1.807) is 23.3 Å². The van der Waals surface area contributed by atoms with E-state index >= 15 is 0 Å². The zero-order valence-corrected chi connectivity index (χ0v) is 19.3. The molecule has 0 fully saturated rings. The van der Waals surface area contributed by atoms with Crippen molar-refractivity contribution in [3.63, 3.8) is 0 Å². The molecule has 4 heterocycles. The maximum absolute atomic E-state index is 11.6. The summed E-state index contributed by atoms with van der Waals surface area (Å²) in [6.07, 6.45) is 7.58. The predicted octanol–water partition coefficient (Wildman–Crippen LogP) is 3.27. The van der Waals surface area contributed by atoms with Gasteiger partial charge in [0.1, 0.15) is 11.6 Å². The van der Waals surface area contributed by atoms with Gasteiger partial charge < -0.3 is 19.9 Å². The van der Waals surface area contributed by atoms with Crippen molar-refractivity contribution in [3.05, 3.63) is 65.7 Å². The summed E-state index contributed by atoms with van der Waals surface area (Å²) >= 11 is 0. The fourth-order valence-corrected chi connectivity index (χ4v) is 4.27. The first kappa shape index (κ1) is 22.6. The number of hydrogen-bond donors (Lipinski definition) is 2. The van der Waals surface area contributed by atoms with E-state index in [9.17, 15) is 9.90 Å². The van der Waals surface area contributed by atoms with Crippen LogP contribution in [0, 0.1) is 0 Å². The smallest absolute Gasteiger partial charge is 0.316 e. The molecule has 0 unspecified atom stereocenters. The number of methoxy groups -OCH3 is 1. The van der Waals surface area contributed by atoms with Gasteiger partial charge in [-0.1, -0.05) is 6.07 Å². The number of anilines is 1. The third-order valence-electron chi connectivity index (χ3n) is 6.02. The number of rotatable bonds is 9. The molecular formula is C25H26N6O4. The summed E-state index contributed by atoms with van der Waals surface area (Å²) in [5, 5.41) is 18.2. The lowest BCUT2D eigenvalue weighted by Crippen LogP contribution is -2.17. The second-order valence-electron chi connectivity index (χ2n) is 8.37. The molecule has 0 saturated heterocycles. The summed E-state index contributed by atoms with van der Waals surface area (Å²) in [4.78, 5) is 24.5. The van der Waals surface area contributed by atoms with Crippen LogP contribution in [0.3, 0.4) is 0 Å². The molecular weight excluding hydrogens is 448 g/mol. The van der Waals surface area contributed by atoms with E-state index in [0.717, 1.165) is 47.6 Å². The zero-order valence-electron chi connectivity index (χ0n) is 19.3. The topological polar surface area (TPSA) is 124 Å². The summed E-state index contributed by atoms with van der Waals surface area (Å²) in [5.74, 6) is 0.761. The van der Waals surface area contributed by atoms with Crippen molar-refractivity contribution in [1.82, 2.24) is 24.7 Å². The number of fused-ring (bicyclic) bond motifs is 2. The van der Waals surface area contributed by atoms with E-state index in [0.29, 0.717) is 18.6 Å². The van der Waals surface area contributed by atoms with Gasteiger partial charge in [0.05, 0.1) is 37.9 Å². The Hall–Kier alpha value is -4.21. The minimum Gasteiger partial charge on any atom is -0.493 e. The van der Waals surface area contributed by atoms with Crippen LogP contribution < -0.4 is 14.8 Å². The highest BCUT2D eigenvalue weighted by molar-refractivity contribution is 5.81. The molecule has 10 heteroatoms. The number of nitrogens with one attached hydrogen (secondary N) is 1. The van der Waals surface area contributed by atoms with Gasteiger partial charge in [0.2, 0.25) is 0 Å². The Morgan fingerprint density at radius 3 is 2.86 bits per heavy atom. The SMILES string of the molecule is COc1ncc([C@H](CC(=O)O)n2ncc3cc(OCCc4ccc5c(n4)NCCC5)ccc32)cn1. The first-order chi connectivity index (χ1) is 17.1. The van der Waals surface area contributed by atoms with E-state index in [-0.39, 0.29) is 12.4 Å². The number of ether oxygens (including phenoxy) is 2. The van der Waals surface area contributed by atoms with Crippen LogP contribution in [0.2, 0.25) is 0 Å². The van der Waals surface area contributed by atoms with Gasteiger partial charge in [-0.2, -0.15) is 5.10 Å². The molecule has 4 aromatic rings. The molecule has 180 valence electrons. The summed E-state index contributed by atoms with van der Waals surface area (Å²) in [6, 6.07) is 9.52. The maximum atomic E-state index is 11.6. The van der Waals surface area contributed by atoms with Crippen LogP contribution in [0.4, 0.5) is 5.82 Å². The Morgan fingerprint density at radius 2 is 2.06 bits per heavy atom. The molecule has 35 heavy (non-hydrogen) atoms. The lowest BCUT2D eigenvalue weighted by atomic mass is 10.1. The fourth-order valence-electron chi connectivity index (χ4n) is 4.27. The summed E-state index contributed by atoms with van der Waals surface area (Å²) in [7, 11) is 1.48. The second-order valence-corrected chi connectivity index (χ2v) is 8.37. The molecule has 10 nitrogen and oxygen atoms in total. The van der Waals surface area contributed by atoms with Gasteiger partial charge in [-0.3, -0.25) is 9.48 Å². The first-order valence-corrected chi connectivity index (χ1v) is 11.5. The Kier molecular flexibility index (Phi) is 6.42. The van der Waals surface area contributed by atoms with Gasteiger partial charge in [-0.05, 0) is 42.7 Å². The zero-order chi connectivity index (χ0) is 24.2. The summed E-state index contributed by atoms with van der Waals surface area (Å²) in [6.45, 7) is 1.46. The molecule has 1 aliphatic rings. The number of nitrogens with zero attached hydrogens (tertiary/aromatic N) is 5. The minimum absolute atomic E-state index is 0.159. The van der Waals surface area contributed by atoms with Gasteiger partial charge in [-0.25, -0.2) is 15.0 Å². The molecule has 1 aliphatic heterocycles. The monoisotopic (exact) mass is 474 g/mol. The lowest BCUT2D eigenvalue weighted by Gasteiger charge is -2.17. The highest BCUT2D eigenvalue weighted by Gasteiger charge is 2.22. The average Bonchev–Trinajstić information content (AvgIpc) is 3.30. The van der Waals surface area contributed by atoms with Crippen LogP contribution >= 0.6 is 0 Å². The van der Waals surface area contributed by atoms with Crippen LogP contribution in [0.1, 0.15) is 35.7 Å². The number of hydrogen-bond acceptors (Lipinski definition) is 8. The predicted molar refractivity (Wildman–Crippen MR) is 129 cm³/mol. The van der Waals surface area contributed by atoms with E-state index in [4.69, 9.17) is 14.5 Å². The van der Waals surface area contributed by atoms with Crippen LogP contribution in [0.5, 0.6) is 11.8 Å². The van der Waals surface area contributed by atoms with Gasteiger partial charge in [0.25, 0.3) is 0 Å². The molecule has 1 aromatic carbocycles. The molecule has 0 spiro atoms. The molecule has 0 saturated carbocycles. The van der Waals surface area contributed by atoms with Crippen molar-refractivity contribution in [1.29, 1.82) is 0 Å². The van der Waals surface area contributed by atoms with Crippen molar-refractivity contribution < 1.29 is 19.4 Å². The van der Waals surface area contributed by atoms with Crippen LogP contribution in [-0.2, 0) is 17.6 Å². The van der Waals surface area contributed by atoms with Crippen molar-refractivity contribution >= 4 is 22.7 Å². The molecule has 0 amide bonds. The first-order valence-electron chi connectivity index (χ1n) is 11.5. The Morgan fingerprint density at radius 1 is 1.20 bits per heavy atom. The van der Waals surface area contributed by atoms with E-state index in [2.05, 4.69) is 32.5 Å². The number of carboxylic acid groups (broad SMARTS) is 1. The van der Waals surface area contributed by atoms with Gasteiger partial charge >= 0.3 is 12.0 Å². The molecule has 3 aromatic heterocycles. The summed E-state index contributed by atoms with van der Waals surface area (Å²) in [5.41, 5.74) is 3.68. The Balaban J connectivity index is 1.30. The summed E-state index contributed by atoms with van der Waals surface area (Å²) < 4.78 is 12.7. The maximum Gasteiger partial charge on any atom is 0.316 e. The highest BCUT2D eigenvalue weighted by Crippen LogP contribution is 2.28. The largest absolute Gasteiger partial charge is 0.493 e. The van der Waals surface area contributed by atoms with Gasteiger partial charge in [0.15, 0.2) is 0 Å². The highest BCUT2D eigenvalue weighted by atomic mass is 16.5. The quantitative estimate of drug-likeness (QED) is 0.376. The molecule has 0 radical (unpaired) electrons. The minimum atomic E-state index is -0.944. The number of aryl methyl sites for hydroxylation is 1. The van der Waals surface area contributed by atoms with Crippen molar-refractivity contribution in [2.75, 3.05) is 25.6 Å². The standard InChI is InChI=1S/C25H26N6O4/c1-34-25-27-13-18(14-28-25)22(12-23(32)33)31-21-7-6-20(11-17(21)15-29-31)35-10-8-19-5-4-16-3-2-9-26-24(16)30-19/h4-7,11,13-15,22H,2-3,8-10,12H2,1H3,(H,26,30)(H,32,33)/t22-/m0/s1. The molecule has 2 N–H and O–H groups in total. The van der Waals surface area contributed by atoms with Crippen LogP contribution in [-0.4, -0.2) is 56.1 Å². The Labute approximate surface area is 202 Å². The second kappa shape index (κ2) is 9.96. The van der Waals surface area contributed by atoms with Gasteiger partial charge in [0, 0.05) is 42.0 Å². The number of pyridine rings is 1. The number of carboxylic acids is 1. The van der Waals surface area contributed by atoms with Crippen molar-refractivity contribution in [2.24, 2.45) is 0 Å². The normalized spacial score (nSPS) is 13.6.